The number of rotatable bonds is 5. The summed E-state index contributed by atoms with van der Waals surface area (Å²) in [4.78, 5) is 11.7. The van der Waals surface area contributed by atoms with Crippen molar-refractivity contribution in [1.82, 2.24) is 9.88 Å². The Bertz CT molecular complexity index is 639. The van der Waals surface area contributed by atoms with E-state index < -0.39 is 27.9 Å². The van der Waals surface area contributed by atoms with E-state index in [1.54, 1.807) is 0 Å². The smallest absolute Gasteiger partial charge is 0.268 e. The lowest BCUT2D eigenvalue weighted by Gasteiger charge is -2.33. The van der Waals surface area contributed by atoms with Gasteiger partial charge >= 0.3 is 0 Å². The first-order valence-corrected chi connectivity index (χ1v) is 8.71. The Balaban J connectivity index is 2.23. The van der Waals surface area contributed by atoms with E-state index in [1.165, 1.54) is 0 Å². The summed E-state index contributed by atoms with van der Waals surface area (Å²) < 4.78 is 48.5. The summed E-state index contributed by atoms with van der Waals surface area (Å²) in [5.41, 5.74) is -0.130. The molecule has 0 aromatic carbocycles. The molecule has 1 aromatic heterocycles. The molecule has 0 bridgehead atoms. The van der Waals surface area contributed by atoms with Gasteiger partial charge in [0.2, 0.25) is 0 Å². The van der Waals surface area contributed by atoms with Crippen LogP contribution in [0, 0.1) is 5.92 Å². The Morgan fingerprint density at radius 1 is 1.52 bits per heavy atom. The van der Waals surface area contributed by atoms with E-state index in [-0.39, 0.29) is 16.6 Å². The lowest BCUT2D eigenvalue weighted by Crippen LogP contribution is -2.44. The molecule has 1 aromatic rings. The quantitative estimate of drug-likeness (QED) is 0.836. The Morgan fingerprint density at radius 3 is 2.62 bits per heavy atom. The van der Waals surface area contributed by atoms with Crippen LogP contribution in [0.1, 0.15) is 30.3 Å². The van der Waals surface area contributed by atoms with Crippen LogP contribution in [0.2, 0.25) is 0 Å². The summed E-state index contributed by atoms with van der Waals surface area (Å²) in [6.07, 6.45) is -0.116. The maximum atomic E-state index is 12.5. The van der Waals surface area contributed by atoms with Crippen molar-refractivity contribution in [3.8, 4) is 0 Å². The Hall–Kier alpha value is -1.15. The van der Waals surface area contributed by atoms with E-state index in [1.807, 2.05) is 6.92 Å². The van der Waals surface area contributed by atoms with Crippen molar-refractivity contribution in [2.45, 2.75) is 43.7 Å². The van der Waals surface area contributed by atoms with Gasteiger partial charge in [0.05, 0.1) is 6.54 Å². The van der Waals surface area contributed by atoms with Gasteiger partial charge in [-0.2, -0.15) is 0 Å². The highest BCUT2D eigenvalue weighted by Crippen LogP contribution is 2.27. The molecule has 1 saturated carbocycles. The lowest BCUT2D eigenvalue weighted by atomic mass is 9.82. The van der Waals surface area contributed by atoms with Gasteiger partial charge in [0.1, 0.15) is 10.6 Å². The van der Waals surface area contributed by atoms with Crippen LogP contribution < -0.4 is 5.32 Å². The van der Waals surface area contributed by atoms with Crippen LogP contribution in [0.3, 0.4) is 0 Å². The second-order valence-electron chi connectivity index (χ2n) is 5.29. The van der Waals surface area contributed by atoms with Gasteiger partial charge in [-0.05, 0) is 24.8 Å². The molecule has 0 spiro atoms. The van der Waals surface area contributed by atoms with Crippen LogP contribution in [0.15, 0.2) is 17.2 Å². The molecule has 1 amide bonds. The number of carbonyl (C=O) groups is 1. The number of carbonyl (C=O) groups excluding carboxylic acids is 1. The number of hydrogen-bond donors (Lipinski definition) is 1. The molecule has 9 heteroatoms. The molecule has 1 heterocycles. The monoisotopic (exact) mass is 340 g/mol. The number of amides is 1. The van der Waals surface area contributed by atoms with Gasteiger partial charge in [0.25, 0.3) is 21.4 Å². The number of halogens is 3. The van der Waals surface area contributed by atoms with Crippen LogP contribution in [0.5, 0.6) is 0 Å². The fourth-order valence-electron chi connectivity index (χ4n) is 2.39. The van der Waals surface area contributed by atoms with E-state index in [0.717, 1.165) is 29.7 Å². The van der Waals surface area contributed by atoms with Crippen LogP contribution >= 0.6 is 10.7 Å². The largest absolute Gasteiger partial charge is 0.348 e. The van der Waals surface area contributed by atoms with E-state index >= 15 is 0 Å². The zero-order valence-corrected chi connectivity index (χ0v) is 12.8. The molecule has 0 radical (unpaired) electrons. The Morgan fingerprint density at radius 2 is 2.14 bits per heavy atom. The first kappa shape index (κ1) is 16.2. The van der Waals surface area contributed by atoms with E-state index in [0.29, 0.717) is 5.92 Å². The molecule has 0 aliphatic heterocycles. The van der Waals surface area contributed by atoms with Gasteiger partial charge in [-0.1, -0.05) is 6.92 Å². The average Bonchev–Trinajstić information content (AvgIpc) is 2.69. The number of alkyl halides is 2. The molecule has 1 fully saturated rings. The fourth-order valence-corrected chi connectivity index (χ4v) is 3.15. The zero-order chi connectivity index (χ0) is 15.8. The fraction of sp³-hybridized carbons (Fsp3) is 0.583. The van der Waals surface area contributed by atoms with Crippen LogP contribution in [-0.4, -0.2) is 31.4 Å². The second kappa shape index (κ2) is 5.92. The summed E-state index contributed by atoms with van der Waals surface area (Å²) in [6.45, 7) is 1.27. The molecule has 2 rings (SSSR count). The minimum atomic E-state index is -4.08. The Labute approximate surface area is 125 Å². The van der Waals surface area contributed by atoms with E-state index in [2.05, 4.69) is 5.32 Å². The molecule has 118 valence electrons. The van der Waals surface area contributed by atoms with Crippen molar-refractivity contribution >= 4 is 25.6 Å². The third-order valence-electron chi connectivity index (χ3n) is 3.43. The number of nitrogens with zero attached hydrogens (tertiary/aromatic N) is 1. The highest BCUT2D eigenvalue weighted by molar-refractivity contribution is 8.13. The Kier molecular flexibility index (Phi) is 4.57. The first-order chi connectivity index (χ1) is 9.66. The molecule has 1 N–H and O–H groups in total. The van der Waals surface area contributed by atoms with Gasteiger partial charge < -0.3 is 9.88 Å². The number of hydrogen-bond acceptors (Lipinski definition) is 3. The van der Waals surface area contributed by atoms with Crippen molar-refractivity contribution < 1.29 is 22.0 Å². The molecule has 5 nitrogen and oxygen atoms in total. The van der Waals surface area contributed by atoms with Gasteiger partial charge in [-0.3, -0.25) is 4.79 Å². The van der Waals surface area contributed by atoms with Crippen molar-refractivity contribution in [3.63, 3.8) is 0 Å². The predicted octanol–water partition coefficient (Wildman–Crippen LogP) is 2.21. The molecule has 1 aliphatic carbocycles. The van der Waals surface area contributed by atoms with Crippen molar-refractivity contribution in [2.75, 3.05) is 0 Å². The zero-order valence-electron chi connectivity index (χ0n) is 11.2. The number of aromatic nitrogens is 1. The van der Waals surface area contributed by atoms with Crippen molar-refractivity contribution in [3.05, 3.63) is 18.0 Å². The lowest BCUT2D eigenvalue weighted by molar-refractivity contribution is 0.0874. The van der Waals surface area contributed by atoms with Crippen molar-refractivity contribution in [1.29, 1.82) is 0 Å². The average molecular weight is 341 g/mol. The minimum Gasteiger partial charge on any atom is -0.348 e. The maximum absolute atomic E-state index is 12.5. The summed E-state index contributed by atoms with van der Waals surface area (Å²) in [6, 6.07) is 1.01. The summed E-state index contributed by atoms with van der Waals surface area (Å²) >= 11 is 0. The molecule has 0 saturated heterocycles. The summed E-state index contributed by atoms with van der Waals surface area (Å²) in [7, 11) is 1.11. The van der Waals surface area contributed by atoms with Gasteiger partial charge in [-0.15, -0.1) is 0 Å². The van der Waals surface area contributed by atoms with Gasteiger partial charge in [0.15, 0.2) is 0 Å². The third-order valence-corrected chi connectivity index (χ3v) is 4.75. The molecule has 0 unspecified atom stereocenters. The minimum absolute atomic E-state index is 0.00143. The van der Waals surface area contributed by atoms with Crippen molar-refractivity contribution in [2.24, 2.45) is 5.92 Å². The number of nitrogens with one attached hydrogen (secondary N) is 1. The molecule has 0 atom stereocenters. The second-order valence-corrected chi connectivity index (χ2v) is 7.86. The van der Waals surface area contributed by atoms with E-state index in [4.69, 9.17) is 10.7 Å². The molecular formula is C12H15ClF2N2O3S. The van der Waals surface area contributed by atoms with Crippen LogP contribution in [-0.2, 0) is 15.6 Å². The van der Waals surface area contributed by atoms with Crippen LogP contribution in [0.4, 0.5) is 8.78 Å². The third kappa shape index (κ3) is 3.94. The molecule has 1 aliphatic rings. The predicted molar refractivity (Wildman–Crippen MR) is 73.1 cm³/mol. The topological polar surface area (TPSA) is 68.2 Å². The SMILES string of the molecule is CC1CC(NC(=O)c2cc(S(=O)(=O)Cl)cn2CC(F)F)C1. The van der Waals surface area contributed by atoms with Gasteiger partial charge in [0, 0.05) is 22.9 Å². The van der Waals surface area contributed by atoms with E-state index in [9.17, 15) is 22.0 Å². The normalized spacial score (nSPS) is 22.1. The first-order valence-electron chi connectivity index (χ1n) is 6.40. The maximum Gasteiger partial charge on any atom is 0.268 e. The highest BCUT2D eigenvalue weighted by Gasteiger charge is 2.29. The standard InChI is InChI=1S/C12H15ClF2N2O3S/c1-7-2-8(3-7)16-12(18)10-4-9(21(13,19)20)5-17(10)6-11(14)15/h4-5,7-8,11H,2-3,6H2,1H3,(H,16,18). The highest BCUT2D eigenvalue weighted by atomic mass is 35.7. The molecular weight excluding hydrogens is 326 g/mol. The molecule has 21 heavy (non-hydrogen) atoms. The summed E-state index contributed by atoms with van der Waals surface area (Å²) in [5, 5.41) is 2.70. The van der Waals surface area contributed by atoms with Crippen LogP contribution in [0.25, 0.3) is 0 Å². The summed E-state index contributed by atoms with van der Waals surface area (Å²) in [5.74, 6) is -0.0546. The van der Waals surface area contributed by atoms with Gasteiger partial charge in [-0.25, -0.2) is 17.2 Å².